The number of rotatable bonds is 4. The molecule has 0 saturated heterocycles. The average Bonchev–Trinajstić information content (AvgIpc) is 2.26. The molecule has 1 aromatic rings. The highest BCUT2D eigenvalue weighted by molar-refractivity contribution is 6.02. The first-order valence-electron chi connectivity index (χ1n) is 6.25. The Hall–Kier alpha value is -1.68. The summed E-state index contributed by atoms with van der Waals surface area (Å²) < 4.78 is 0. The number of hydrogen-bond acceptors (Lipinski definition) is 3. The van der Waals surface area contributed by atoms with Crippen molar-refractivity contribution in [2.24, 2.45) is 5.73 Å². The monoisotopic (exact) mass is 263 g/mol. The van der Waals surface area contributed by atoms with Gasteiger partial charge in [0.15, 0.2) is 5.78 Å². The van der Waals surface area contributed by atoms with Gasteiger partial charge in [0.25, 0.3) is 0 Å². The number of benzene rings is 1. The SMILES string of the molecule is Cc1ccc(C(C)(C)C)cc1C(=O)C(N)CC(=O)O. The van der Waals surface area contributed by atoms with Crippen molar-refractivity contribution in [2.45, 2.75) is 45.6 Å². The van der Waals surface area contributed by atoms with Crippen LogP contribution in [0.15, 0.2) is 18.2 Å². The van der Waals surface area contributed by atoms with E-state index in [0.29, 0.717) is 5.56 Å². The van der Waals surface area contributed by atoms with Crippen LogP contribution in [0.1, 0.15) is 48.7 Å². The number of carboxylic acid groups (broad SMARTS) is 1. The van der Waals surface area contributed by atoms with Gasteiger partial charge in [0.05, 0.1) is 12.5 Å². The van der Waals surface area contributed by atoms with Crippen molar-refractivity contribution >= 4 is 11.8 Å². The molecule has 0 aliphatic heterocycles. The lowest BCUT2D eigenvalue weighted by Gasteiger charge is -2.21. The van der Waals surface area contributed by atoms with Crippen molar-refractivity contribution in [1.82, 2.24) is 0 Å². The van der Waals surface area contributed by atoms with Crippen LogP contribution in [-0.4, -0.2) is 22.9 Å². The van der Waals surface area contributed by atoms with Crippen LogP contribution in [0.4, 0.5) is 0 Å². The number of carbonyl (C=O) groups is 2. The molecular weight excluding hydrogens is 242 g/mol. The van der Waals surface area contributed by atoms with E-state index in [0.717, 1.165) is 11.1 Å². The molecule has 0 aliphatic rings. The van der Waals surface area contributed by atoms with Crippen LogP contribution in [0.25, 0.3) is 0 Å². The van der Waals surface area contributed by atoms with Gasteiger partial charge in [-0.2, -0.15) is 0 Å². The second kappa shape index (κ2) is 5.53. The Morgan fingerprint density at radius 3 is 2.37 bits per heavy atom. The van der Waals surface area contributed by atoms with E-state index in [2.05, 4.69) is 20.8 Å². The second-order valence-corrected chi connectivity index (χ2v) is 5.85. The molecule has 19 heavy (non-hydrogen) atoms. The predicted octanol–water partition coefficient (Wildman–Crippen LogP) is 2.28. The van der Waals surface area contributed by atoms with E-state index >= 15 is 0 Å². The molecule has 0 fully saturated rings. The molecular formula is C15H21NO3. The Balaban J connectivity index is 3.12. The lowest BCUT2D eigenvalue weighted by Crippen LogP contribution is -2.33. The molecule has 1 unspecified atom stereocenters. The van der Waals surface area contributed by atoms with E-state index in [1.165, 1.54) is 0 Å². The largest absolute Gasteiger partial charge is 0.481 e. The van der Waals surface area contributed by atoms with Gasteiger partial charge in [0.1, 0.15) is 0 Å². The zero-order chi connectivity index (χ0) is 14.8. The van der Waals surface area contributed by atoms with Crippen LogP contribution >= 0.6 is 0 Å². The van der Waals surface area contributed by atoms with Crippen molar-refractivity contribution in [3.05, 3.63) is 34.9 Å². The van der Waals surface area contributed by atoms with E-state index in [1.807, 2.05) is 25.1 Å². The van der Waals surface area contributed by atoms with E-state index in [4.69, 9.17) is 10.8 Å². The summed E-state index contributed by atoms with van der Waals surface area (Å²) in [5, 5.41) is 8.70. The van der Waals surface area contributed by atoms with Gasteiger partial charge in [-0.15, -0.1) is 0 Å². The van der Waals surface area contributed by atoms with Crippen LogP contribution in [-0.2, 0) is 10.2 Å². The molecule has 4 heteroatoms. The van der Waals surface area contributed by atoms with Gasteiger partial charge in [-0.3, -0.25) is 9.59 Å². The Kier molecular flexibility index (Phi) is 4.48. The third kappa shape index (κ3) is 3.89. The fourth-order valence-electron chi connectivity index (χ4n) is 1.83. The van der Waals surface area contributed by atoms with Crippen molar-refractivity contribution in [3.8, 4) is 0 Å². The first-order valence-corrected chi connectivity index (χ1v) is 6.25. The fourth-order valence-corrected chi connectivity index (χ4v) is 1.83. The molecule has 0 aliphatic carbocycles. The third-order valence-corrected chi connectivity index (χ3v) is 3.10. The van der Waals surface area contributed by atoms with Crippen LogP contribution in [0, 0.1) is 6.92 Å². The molecule has 4 nitrogen and oxygen atoms in total. The molecule has 1 rings (SSSR count). The Bertz CT molecular complexity index is 501. The maximum Gasteiger partial charge on any atom is 0.305 e. The summed E-state index contributed by atoms with van der Waals surface area (Å²) in [6.45, 7) is 8.00. The number of ketones is 1. The number of aliphatic carboxylic acids is 1. The number of nitrogens with two attached hydrogens (primary N) is 1. The van der Waals surface area contributed by atoms with Gasteiger partial charge in [0.2, 0.25) is 0 Å². The highest BCUT2D eigenvalue weighted by Gasteiger charge is 2.22. The lowest BCUT2D eigenvalue weighted by molar-refractivity contribution is -0.137. The summed E-state index contributed by atoms with van der Waals surface area (Å²) in [5.74, 6) is -1.38. The average molecular weight is 263 g/mol. The number of aryl methyl sites for hydroxylation is 1. The molecule has 0 amide bonds. The second-order valence-electron chi connectivity index (χ2n) is 5.85. The van der Waals surface area contributed by atoms with Crippen molar-refractivity contribution in [3.63, 3.8) is 0 Å². The standard InChI is InChI=1S/C15H21NO3/c1-9-5-6-10(15(2,3)4)7-11(9)14(19)12(16)8-13(17)18/h5-7,12H,8,16H2,1-4H3,(H,17,18). The lowest BCUT2D eigenvalue weighted by atomic mass is 9.84. The molecule has 3 N–H and O–H groups in total. The predicted molar refractivity (Wildman–Crippen MR) is 74.4 cm³/mol. The first-order chi connectivity index (χ1) is 8.62. The van der Waals surface area contributed by atoms with E-state index in [9.17, 15) is 9.59 Å². The number of hydrogen-bond donors (Lipinski definition) is 2. The summed E-state index contributed by atoms with van der Waals surface area (Å²) >= 11 is 0. The minimum atomic E-state index is -1.06. The van der Waals surface area contributed by atoms with Crippen molar-refractivity contribution < 1.29 is 14.7 Å². The van der Waals surface area contributed by atoms with Gasteiger partial charge >= 0.3 is 5.97 Å². The Labute approximate surface area is 113 Å². The molecule has 0 radical (unpaired) electrons. The van der Waals surface area contributed by atoms with E-state index in [1.54, 1.807) is 0 Å². The number of carbonyl (C=O) groups excluding carboxylic acids is 1. The maximum absolute atomic E-state index is 12.2. The normalized spacial score (nSPS) is 13.1. The fraction of sp³-hybridized carbons (Fsp3) is 0.467. The van der Waals surface area contributed by atoms with Gasteiger partial charge in [-0.1, -0.05) is 32.9 Å². The smallest absolute Gasteiger partial charge is 0.305 e. The molecule has 0 saturated carbocycles. The molecule has 1 atom stereocenters. The first kappa shape index (κ1) is 15.4. The topological polar surface area (TPSA) is 80.4 Å². The minimum absolute atomic E-state index is 0.0698. The van der Waals surface area contributed by atoms with E-state index in [-0.39, 0.29) is 17.6 Å². The van der Waals surface area contributed by atoms with Crippen LogP contribution in [0.3, 0.4) is 0 Å². The molecule has 104 valence electrons. The summed E-state index contributed by atoms with van der Waals surface area (Å²) in [6.07, 6.45) is -0.349. The molecule has 1 aromatic carbocycles. The third-order valence-electron chi connectivity index (χ3n) is 3.10. The number of carboxylic acids is 1. The molecule has 0 bridgehead atoms. The quantitative estimate of drug-likeness (QED) is 0.817. The molecule has 0 spiro atoms. The number of Topliss-reactive ketones (excluding diaryl/α,β-unsaturated/α-hetero) is 1. The van der Waals surface area contributed by atoms with Gasteiger partial charge in [-0.25, -0.2) is 0 Å². The Morgan fingerprint density at radius 1 is 1.32 bits per heavy atom. The molecule has 0 heterocycles. The van der Waals surface area contributed by atoms with Crippen molar-refractivity contribution in [1.29, 1.82) is 0 Å². The van der Waals surface area contributed by atoms with Crippen LogP contribution in [0.5, 0.6) is 0 Å². The Morgan fingerprint density at radius 2 is 1.89 bits per heavy atom. The summed E-state index contributed by atoms with van der Waals surface area (Å²) in [4.78, 5) is 22.8. The van der Waals surface area contributed by atoms with Gasteiger partial charge < -0.3 is 10.8 Å². The van der Waals surface area contributed by atoms with Crippen molar-refractivity contribution in [2.75, 3.05) is 0 Å². The van der Waals surface area contributed by atoms with Gasteiger partial charge in [-0.05, 0) is 29.5 Å². The summed E-state index contributed by atoms with van der Waals surface area (Å²) in [7, 11) is 0. The van der Waals surface area contributed by atoms with E-state index < -0.39 is 12.0 Å². The summed E-state index contributed by atoms with van der Waals surface area (Å²) in [6, 6.07) is 4.68. The zero-order valence-corrected chi connectivity index (χ0v) is 11.9. The summed E-state index contributed by atoms with van der Waals surface area (Å²) in [5.41, 5.74) is 7.94. The highest BCUT2D eigenvalue weighted by atomic mass is 16.4. The maximum atomic E-state index is 12.2. The zero-order valence-electron chi connectivity index (χ0n) is 11.9. The molecule has 0 aromatic heterocycles. The van der Waals surface area contributed by atoms with Crippen LogP contribution < -0.4 is 5.73 Å². The van der Waals surface area contributed by atoms with Crippen LogP contribution in [0.2, 0.25) is 0 Å². The van der Waals surface area contributed by atoms with Gasteiger partial charge in [0, 0.05) is 5.56 Å². The minimum Gasteiger partial charge on any atom is -0.481 e. The highest BCUT2D eigenvalue weighted by Crippen LogP contribution is 2.25.